The van der Waals surface area contributed by atoms with E-state index in [1.54, 1.807) is 0 Å². The number of hydrogen-bond donors (Lipinski definition) is 1. The Morgan fingerprint density at radius 1 is 1.04 bits per heavy atom. The standard InChI is InChI=1S/C19H17FO5/c20-15-9-8-13(17(21)22)12-16(15)24-18(23)25-19(10-4-5-11-19)14-6-2-1-3-7-14/h1-3,6-9,12H,4-5,10-11H2,(H,21,22). The molecule has 130 valence electrons. The molecule has 0 bridgehead atoms. The van der Waals surface area contributed by atoms with Crippen LogP contribution in [0.1, 0.15) is 41.6 Å². The number of halogens is 1. The number of ether oxygens (including phenoxy) is 2. The molecule has 2 aromatic carbocycles. The van der Waals surface area contributed by atoms with Crippen LogP contribution in [0.5, 0.6) is 5.75 Å². The van der Waals surface area contributed by atoms with Gasteiger partial charge in [-0.2, -0.15) is 0 Å². The quantitative estimate of drug-likeness (QED) is 0.652. The van der Waals surface area contributed by atoms with Gasteiger partial charge in [-0.25, -0.2) is 14.0 Å². The van der Waals surface area contributed by atoms with Gasteiger partial charge in [0, 0.05) is 0 Å². The highest BCUT2D eigenvalue weighted by molar-refractivity contribution is 5.88. The second-order valence-corrected chi connectivity index (χ2v) is 5.97. The molecule has 0 unspecified atom stereocenters. The first kappa shape index (κ1) is 17.0. The molecule has 2 aromatic rings. The maximum absolute atomic E-state index is 13.8. The zero-order chi connectivity index (χ0) is 17.9. The molecule has 0 aliphatic heterocycles. The van der Waals surface area contributed by atoms with Crippen LogP contribution in [0.2, 0.25) is 0 Å². The molecule has 1 aliphatic carbocycles. The van der Waals surface area contributed by atoms with Crippen LogP contribution in [0, 0.1) is 5.82 Å². The van der Waals surface area contributed by atoms with E-state index in [1.807, 2.05) is 30.3 Å². The first-order chi connectivity index (χ1) is 12.0. The predicted octanol–water partition coefficient (Wildman–Crippen LogP) is 4.51. The zero-order valence-electron chi connectivity index (χ0n) is 13.4. The van der Waals surface area contributed by atoms with Crippen LogP contribution in [0.15, 0.2) is 48.5 Å². The molecule has 3 rings (SSSR count). The highest BCUT2D eigenvalue weighted by Crippen LogP contribution is 2.42. The molecule has 5 nitrogen and oxygen atoms in total. The lowest BCUT2D eigenvalue weighted by molar-refractivity contribution is -0.0145. The van der Waals surface area contributed by atoms with Crippen molar-refractivity contribution in [3.05, 3.63) is 65.5 Å². The molecule has 0 saturated heterocycles. The van der Waals surface area contributed by atoms with Crippen molar-refractivity contribution < 1.29 is 28.6 Å². The fraction of sp³-hybridized carbons (Fsp3) is 0.263. The number of hydrogen-bond acceptors (Lipinski definition) is 4. The second-order valence-electron chi connectivity index (χ2n) is 5.97. The van der Waals surface area contributed by atoms with Crippen molar-refractivity contribution in [2.75, 3.05) is 0 Å². The van der Waals surface area contributed by atoms with Gasteiger partial charge < -0.3 is 14.6 Å². The third kappa shape index (κ3) is 3.63. The number of carbonyl (C=O) groups excluding carboxylic acids is 1. The fourth-order valence-corrected chi connectivity index (χ4v) is 3.12. The van der Waals surface area contributed by atoms with Gasteiger partial charge in [0.05, 0.1) is 5.56 Å². The van der Waals surface area contributed by atoms with Crippen molar-refractivity contribution in [2.24, 2.45) is 0 Å². The molecule has 0 atom stereocenters. The molecular weight excluding hydrogens is 327 g/mol. The van der Waals surface area contributed by atoms with Gasteiger partial charge >= 0.3 is 12.1 Å². The Labute approximate surface area is 144 Å². The van der Waals surface area contributed by atoms with Crippen molar-refractivity contribution in [3.63, 3.8) is 0 Å². The van der Waals surface area contributed by atoms with Gasteiger partial charge in [-0.1, -0.05) is 30.3 Å². The lowest BCUT2D eigenvalue weighted by Gasteiger charge is -2.29. The normalized spacial score (nSPS) is 15.6. The Morgan fingerprint density at radius 2 is 1.72 bits per heavy atom. The van der Waals surface area contributed by atoms with Gasteiger partial charge in [-0.15, -0.1) is 0 Å². The molecule has 1 aliphatic rings. The summed E-state index contributed by atoms with van der Waals surface area (Å²) < 4.78 is 24.3. The fourth-order valence-electron chi connectivity index (χ4n) is 3.12. The van der Waals surface area contributed by atoms with E-state index < -0.39 is 29.3 Å². The van der Waals surface area contributed by atoms with E-state index in [-0.39, 0.29) is 5.56 Å². The number of carboxylic acid groups (broad SMARTS) is 1. The van der Waals surface area contributed by atoms with E-state index >= 15 is 0 Å². The van der Waals surface area contributed by atoms with Crippen molar-refractivity contribution in [2.45, 2.75) is 31.3 Å². The van der Waals surface area contributed by atoms with E-state index in [0.717, 1.165) is 36.6 Å². The number of rotatable bonds is 4. The molecular formula is C19H17FO5. The largest absolute Gasteiger partial charge is 0.514 e. The summed E-state index contributed by atoms with van der Waals surface area (Å²) in [5, 5.41) is 8.96. The summed E-state index contributed by atoms with van der Waals surface area (Å²) in [6.07, 6.45) is 2.08. The zero-order valence-corrected chi connectivity index (χ0v) is 13.4. The van der Waals surface area contributed by atoms with Crippen molar-refractivity contribution in [1.82, 2.24) is 0 Å². The predicted molar refractivity (Wildman–Crippen MR) is 87.1 cm³/mol. The number of benzene rings is 2. The SMILES string of the molecule is O=C(Oc1cc(C(=O)O)ccc1F)OC1(c2ccccc2)CCCC1. The summed E-state index contributed by atoms with van der Waals surface area (Å²) in [7, 11) is 0. The molecule has 6 heteroatoms. The minimum atomic E-state index is -1.24. The van der Waals surface area contributed by atoms with Gasteiger partial charge in [-0.05, 0) is 49.4 Å². The third-order valence-corrected chi connectivity index (χ3v) is 4.36. The smallest absolute Gasteiger partial charge is 0.478 e. The monoisotopic (exact) mass is 344 g/mol. The van der Waals surface area contributed by atoms with Gasteiger partial charge in [0.2, 0.25) is 0 Å². The maximum atomic E-state index is 13.8. The summed E-state index contributed by atoms with van der Waals surface area (Å²) in [4.78, 5) is 23.2. The second kappa shape index (κ2) is 6.93. The van der Waals surface area contributed by atoms with Gasteiger partial charge in [0.15, 0.2) is 11.6 Å². The minimum absolute atomic E-state index is 0.178. The first-order valence-electron chi connectivity index (χ1n) is 7.99. The van der Waals surface area contributed by atoms with Crippen molar-refractivity contribution in [3.8, 4) is 5.75 Å². The van der Waals surface area contributed by atoms with Gasteiger partial charge in [0.25, 0.3) is 0 Å². The van der Waals surface area contributed by atoms with Gasteiger partial charge in [0.1, 0.15) is 5.60 Å². The Kier molecular flexibility index (Phi) is 4.70. The number of aromatic carboxylic acids is 1. The van der Waals surface area contributed by atoms with Crippen LogP contribution in [0.3, 0.4) is 0 Å². The summed E-state index contributed by atoms with van der Waals surface area (Å²) in [5.41, 5.74) is -0.105. The molecule has 25 heavy (non-hydrogen) atoms. The van der Waals surface area contributed by atoms with Crippen molar-refractivity contribution >= 4 is 12.1 Å². The Balaban J connectivity index is 1.80. The highest BCUT2D eigenvalue weighted by atomic mass is 19.1. The summed E-state index contributed by atoms with van der Waals surface area (Å²) in [6.45, 7) is 0. The van der Waals surface area contributed by atoms with Crippen LogP contribution < -0.4 is 4.74 Å². The topological polar surface area (TPSA) is 72.8 Å². The van der Waals surface area contributed by atoms with Crippen LogP contribution in [0.4, 0.5) is 9.18 Å². The lowest BCUT2D eigenvalue weighted by Crippen LogP contribution is -2.31. The molecule has 0 spiro atoms. The molecule has 0 radical (unpaired) electrons. The Bertz CT molecular complexity index is 782. The Morgan fingerprint density at radius 3 is 2.36 bits per heavy atom. The average molecular weight is 344 g/mol. The van der Waals surface area contributed by atoms with E-state index in [0.29, 0.717) is 12.8 Å². The van der Waals surface area contributed by atoms with Gasteiger partial charge in [-0.3, -0.25) is 0 Å². The summed E-state index contributed by atoms with van der Waals surface area (Å²) >= 11 is 0. The minimum Gasteiger partial charge on any atom is -0.478 e. The number of carboxylic acids is 1. The molecule has 0 heterocycles. The molecule has 1 N–H and O–H groups in total. The summed E-state index contributed by atoms with van der Waals surface area (Å²) in [5.74, 6) is -2.54. The van der Waals surface area contributed by atoms with Crippen LogP contribution in [0.25, 0.3) is 0 Å². The van der Waals surface area contributed by atoms with Crippen molar-refractivity contribution in [1.29, 1.82) is 0 Å². The molecule has 1 saturated carbocycles. The van der Waals surface area contributed by atoms with Crippen LogP contribution >= 0.6 is 0 Å². The van der Waals surface area contributed by atoms with E-state index in [1.165, 1.54) is 0 Å². The molecule has 0 amide bonds. The maximum Gasteiger partial charge on any atom is 0.514 e. The highest BCUT2D eigenvalue weighted by Gasteiger charge is 2.40. The molecule has 1 fully saturated rings. The lowest BCUT2D eigenvalue weighted by atomic mass is 9.92. The molecule has 0 aromatic heterocycles. The first-order valence-corrected chi connectivity index (χ1v) is 7.99. The summed E-state index contributed by atoms with van der Waals surface area (Å²) in [6, 6.07) is 12.3. The average Bonchev–Trinajstić information content (AvgIpc) is 3.07. The third-order valence-electron chi connectivity index (χ3n) is 4.36. The van der Waals surface area contributed by atoms with Crippen LogP contribution in [-0.2, 0) is 10.3 Å². The van der Waals surface area contributed by atoms with E-state index in [4.69, 9.17) is 14.6 Å². The Hall–Kier alpha value is -2.89. The number of carbonyl (C=O) groups is 2. The van der Waals surface area contributed by atoms with E-state index in [2.05, 4.69) is 0 Å². The van der Waals surface area contributed by atoms with E-state index in [9.17, 15) is 14.0 Å². The van der Waals surface area contributed by atoms with Crippen LogP contribution in [-0.4, -0.2) is 17.2 Å².